The summed E-state index contributed by atoms with van der Waals surface area (Å²) in [6.07, 6.45) is 2.31. The van der Waals surface area contributed by atoms with Crippen molar-refractivity contribution < 1.29 is 14.3 Å². The first-order valence-electron chi connectivity index (χ1n) is 5.54. The van der Waals surface area contributed by atoms with Gasteiger partial charge in [-0.3, -0.25) is 9.69 Å². The fourth-order valence-electron chi connectivity index (χ4n) is 1.94. The van der Waals surface area contributed by atoms with Crippen molar-refractivity contribution in [3.63, 3.8) is 0 Å². The maximum Gasteiger partial charge on any atom is 0.143 e. The van der Waals surface area contributed by atoms with Crippen LogP contribution in [0.4, 0.5) is 0 Å². The minimum atomic E-state index is 0.235. The quantitative estimate of drug-likeness (QED) is 0.586. The molecule has 1 fully saturated rings. The highest BCUT2D eigenvalue weighted by Gasteiger charge is 2.24. The zero-order valence-corrected chi connectivity index (χ0v) is 9.70. The van der Waals surface area contributed by atoms with E-state index in [2.05, 4.69) is 4.90 Å². The second-order valence-corrected chi connectivity index (χ2v) is 4.04. The van der Waals surface area contributed by atoms with E-state index in [-0.39, 0.29) is 5.78 Å². The molecule has 0 bridgehead atoms. The molecule has 15 heavy (non-hydrogen) atoms. The Morgan fingerprint density at radius 3 is 2.93 bits per heavy atom. The van der Waals surface area contributed by atoms with E-state index in [1.165, 1.54) is 6.42 Å². The average molecular weight is 215 g/mol. The minimum absolute atomic E-state index is 0.235. The number of Topliss-reactive ketones (excluding diaryl/α,β-unsaturated/α-hetero) is 1. The molecule has 0 aliphatic carbocycles. The van der Waals surface area contributed by atoms with Gasteiger partial charge in [-0.1, -0.05) is 0 Å². The summed E-state index contributed by atoms with van der Waals surface area (Å²) in [7, 11) is 1.67. The minimum Gasteiger partial charge on any atom is -0.382 e. The SMILES string of the molecule is COCCOCC1CCCN1CC(C)=O. The molecule has 0 amide bonds. The molecule has 1 aliphatic heterocycles. The van der Waals surface area contributed by atoms with Crippen LogP contribution >= 0.6 is 0 Å². The van der Waals surface area contributed by atoms with Crippen LogP contribution in [0.3, 0.4) is 0 Å². The predicted octanol–water partition coefficient (Wildman–Crippen LogP) is 0.703. The monoisotopic (exact) mass is 215 g/mol. The molecule has 0 saturated carbocycles. The lowest BCUT2D eigenvalue weighted by atomic mass is 10.2. The first kappa shape index (κ1) is 12.6. The van der Waals surface area contributed by atoms with E-state index < -0.39 is 0 Å². The van der Waals surface area contributed by atoms with Crippen LogP contribution < -0.4 is 0 Å². The molecule has 0 spiro atoms. The summed E-state index contributed by atoms with van der Waals surface area (Å²) in [6, 6.07) is 0.422. The Morgan fingerprint density at radius 2 is 2.27 bits per heavy atom. The number of rotatable bonds is 7. The molecule has 4 nitrogen and oxygen atoms in total. The van der Waals surface area contributed by atoms with Crippen LogP contribution in [0.1, 0.15) is 19.8 Å². The third-order valence-electron chi connectivity index (χ3n) is 2.67. The zero-order valence-electron chi connectivity index (χ0n) is 9.70. The summed E-state index contributed by atoms with van der Waals surface area (Å²) in [5, 5.41) is 0. The Hall–Kier alpha value is -0.450. The maximum atomic E-state index is 11.0. The summed E-state index contributed by atoms with van der Waals surface area (Å²) in [5.41, 5.74) is 0. The van der Waals surface area contributed by atoms with E-state index in [4.69, 9.17) is 9.47 Å². The van der Waals surface area contributed by atoms with Crippen molar-refractivity contribution in [2.24, 2.45) is 0 Å². The van der Waals surface area contributed by atoms with Crippen molar-refractivity contribution in [1.82, 2.24) is 4.90 Å². The zero-order chi connectivity index (χ0) is 11.1. The fourth-order valence-corrected chi connectivity index (χ4v) is 1.94. The van der Waals surface area contributed by atoms with Crippen molar-refractivity contribution in [3.8, 4) is 0 Å². The fraction of sp³-hybridized carbons (Fsp3) is 0.909. The highest BCUT2D eigenvalue weighted by molar-refractivity contribution is 5.77. The van der Waals surface area contributed by atoms with Crippen LogP contribution in [-0.4, -0.2) is 56.7 Å². The van der Waals surface area contributed by atoms with Gasteiger partial charge < -0.3 is 9.47 Å². The van der Waals surface area contributed by atoms with Gasteiger partial charge in [0.2, 0.25) is 0 Å². The molecule has 0 aromatic heterocycles. The number of methoxy groups -OCH3 is 1. The first-order chi connectivity index (χ1) is 7.24. The number of likely N-dealkylation sites (tertiary alicyclic amines) is 1. The van der Waals surface area contributed by atoms with Crippen molar-refractivity contribution in [3.05, 3.63) is 0 Å². The van der Waals surface area contributed by atoms with Crippen molar-refractivity contribution in [2.45, 2.75) is 25.8 Å². The third-order valence-corrected chi connectivity index (χ3v) is 2.67. The molecule has 1 heterocycles. The second kappa shape index (κ2) is 6.93. The van der Waals surface area contributed by atoms with Crippen LogP contribution in [0.5, 0.6) is 0 Å². The maximum absolute atomic E-state index is 11.0. The molecule has 1 aliphatic rings. The predicted molar refractivity (Wildman–Crippen MR) is 58.0 cm³/mol. The van der Waals surface area contributed by atoms with E-state index in [1.54, 1.807) is 14.0 Å². The summed E-state index contributed by atoms with van der Waals surface area (Å²) in [6.45, 7) is 5.23. The van der Waals surface area contributed by atoms with Crippen LogP contribution in [0.2, 0.25) is 0 Å². The summed E-state index contributed by atoms with van der Waals surface area (Å²) >= 11 is 0. The number of carbonyl (C=O) groups excluding carboxylic acids is 1. The molecule has 88 valence electrons. The molecule has 1 saturated heterocycles. The number of ether oxygens (including phenoxy) is 2. The lowest BCUT2D eigenvalue weighted by Gasteiger charge is -2.22. The van der Waals surface area contributed by atoms with E-state index in [0.717, 1.165) is 19.6 Å². The van der Waals surface area contributed by atoms with Crippen LogP contribution in [-0.2, 0) is 14.3 Å². The summed E-state index contributed by atoms with van der Waals surface area (Å²) in [4.78, 5) is 13.2. The molecule has 4 heteroatoms. The molecule has 1 rings (SSSR count). The smallest absolute Gasteiger partial charge is 0.143 e. The molecule has 0 aromatic rings. The summed E-state index contributed by atoms with van der Waals surface area (Å²) < 4.78 is 10.4. The van der Waals surface area contributed by atoms with Gasteiger partial charge in [0.15, 0.2) is 0 Å². The Balaban J connectivity index is 2.18. The van der Waals surface area contributed by atoms with E-state index in [1.807, 2.05) is 0 Å². The van der Waals surface area contributed by atoms with E-state index >= 15 is 0 Å². The van der Waals surface area contributed by atoms with Crippen LogP contribution in [0, 0.1) is 0 Å². The van der Waals surface area contributed by atoms with Crippen molar-refractivity contribution in [1.29, 1.82) is 0 Å². The van der Waals surface area contributed by atoms with Gasteiger partial charge in [-0.15, -0.1) is 0 Å². The van der Waals surface area contributed by atoms with Crippen LogP contribution in [0.15, 0.2) is 0 Å². The average Bonchev–Trinajstić information content (AvgIpc) is 2.59. The third kappa shape index (κ3) is 4.73. The van der Waals surface area contributed by atoms with Gasteiger partial charge in [-0.25, -0.2) is 0 Å². The van der Waals surface area contributed by atoms with Crippen LogP contribution in [0.25, 0.3) is 0 Å². The Kier molecular flexibility index (Phi) is 5.83. The molecule has 0 aromatic carbocycles. The number of hydrogen-bond acceptors (Lipinski definition) is 4. The number of ketones is 1. The topological polar surface area (TPSA) is 38.8 Å². The Morgan fingerprint density at radius 1 is 1.47 bits per heavy atom. The lowest BCUT2D eigenvalue weighted by Crippen LogP contribution is -2.36. The normalized spacial score (nSPS) is 22.1. The molecule has 1 unspecified atom stereocenters. The number of hydrogen-bond donors (Lipinski definition) is 0. The van der Waals surface area contributed by atoms with E-state index in [9.17, 15) is 4.79 Å². The Labute approximate surface area is 91.5 Å². The second-order valence-electron chi connectivity index (χ2n) is 4.04. The number of carbonyl (C=O) groups is 1. The standard InChI is InChI=1S/C11H21NO3/c1-10(13)8-12-5-3-4-11(12)9-15-7-6-14-2/h11H,3-9H2,1-2H3. The lowest BCUT2D eigenvalue weighted by molar-refractivity contribution is -0.118. The number of nitrogens with zero attached hydrogens (tertiary/aromatic N) is 1. The first-order valence-corrected chi connectivity index (χ1v) is 5.54. The van der Waals surface area contributed by atoms with Gasteiger partial charge in [0.1, 0.15) is 5.78 Å². The van der Waals surface area contributed by atoms with Crippen molar-refractivity contribution in [2.75, 3.05) is 40.0 Å². The largest absolute Gasteiger partial charge is 0.382 e. The molecular formula is C11H21NO3. The van der Waals surface area contributed by atoms with Gasteiger partial charge in [0, 0.05) is 13.2 Å². The molecular weight excluding hydrogens is 194 g/mol. The summed E-state index contributed by atoms with van der Waals surface area (Å²) in [5.74, 6) is 0.235. The van der Waals surface area contributed by atoms with E-state index in [0.29, 0.717) is 25.8 Å². The highest BCUT2D eigenvalue weighted by atomic mass is 16.5. The van der Waals surface area contributed by atoms with Gasteiger partial charge in [0.25, 0.3) is 0 Å². The van der Waals surface area contributed by atoms with Gasteiger partial charge >= 0.3 is 0 Å². The Bertz CT molecular complexity index is 196. The molecule has 0 radical (unpaired) electrons. The van der Waals surface area contributed by atoms with Gasteiger partial charge in [0.05, 0.1) is 26.4 Å². The van der Waals surface area contributed by atoms with Gasteiger partial charge in [-0.2, -0.15) is 0 Å². The van der Waals surface area contributed by atoms with Gasteiger partial charge in [-0.05, 0) is 26.3 Å². The molecule has 0 N–H and O–H groups in total. The highest BCUT2D eigenvalue weighted by Crippen LogP contribution is 2.16. The van der Waals surface area contributed by atoms with Crippen molar-refractivity contribution >= 4 is 5.78 Å². The molecule has 1 atom stereocenters.